The molecule has 1 aromatic carbocycles. The monoisotopic (exact) mass is 294 g/mol. The molecule has 1 aliphatic rings. The molecule has 1 aromatic rings. The molecule has 110 valence electrons. The molecule has 4 nitrogen and oxygen atoms in total. The van der Waals surface area contributed by atoms with E-state index < -0.39 is 0 Å². The van der Waals surface area contributed by atoms with Gasteiger partial charge in [0.05, 0.1) is 7.11 Å². The highest BCUT2D eigenvalue weighted by Gasteiger charge is 2.19. The Morgan fingerprint density at radius 1 is 1.45 bits per heavy atom. The largest absolute Gasteiger partial charge is 0.497 e. The van der Waals surface area contributed by atoms with Crippen LogP contribution >= 0.6 is 11.8 Å². The third kappa shape index (κ3) is 4.42. The fourth-order valence-corrected chi connectivity index (χ4v) is 3.16. The summed E-state index contributed by atoms with van der Waals surface area (Å²) in [6.07, 6.45) is 0.583. The van der Waals surface area contributed by atoms with Gasteiger partial charge in [-0.25, -0.2) is 0 Å². The number of carbonyl (C=O) groups is 1. The number of thioether (sulfide) groups is 1. The lowest BCUT2D eigenvalue weighted by atomic mass is 10.1. The summed E-state index contributed by atoms with van der Waals surface area (Å²) in [5.74, 6) is 3.21. The van der Waals surface area contributed by atoms with E-state index in [0.29, 0.717) is 19.0 Å². The van der Waals surface area contributed by atoms with Crippen molar-refractivity contribution in [3.63, 3.8) is 0 Å². The fraction of sp³-hybridized carbons (Fsp3) is 0.533. The first-order chi connectivity index (χ1) is 9.69. The van der Waals surface area contributed by atoms with Gasteiger partial charge in [-0.05, 0) is 17.7 Å². The minimum Gasteiger partial charge on any atom is -0.497 e. The predicted molar refractivity (Wildman–Crippen MR) is 83.2 cm³/mol. The summed E-state index contributed by atoms with van der Waals surface area (Å²) in [6.45, 7) is 1.65. The van der Waals surface area contributed by atoms with Crippen LogP contribution in [0.5, 0.6) is 5.75 Å². The van der Waals surface area contributed by atoms with E-state index in [1.807, 2.05) is 43.1 Å². The minimum absolute atomic E-state index is 0.195. The number of benzene rings is 1. The van der Waals surface area contributed by atoms with E-state index in [4.69, 9.17) is 4.74 Å². The molecule has 1 saturated heterocycles. The molecular formula is C15H22N2O2S. The number of ether oxygens (including phenoxy) is 1. The molecule has 1 N–H and O–H groups in total. The zero-order valence-corrected chi connectivity index (χ0v) is 12.9. The van der Waals surface area contributed by atoms with Gasteiger partial charge in [0, 0.05) is 44.1 Å². The fourth-order valence-electron chi connectivity index (χ4n) is 2.21. The Balaban J connectivity index is 1.83. The zero-order chi connectivity index (χ0) is 14.4. The molecule has 1 amide bonds. The Kier molecular flexibility index (Phi) is 5.73. The molecule has 1 unspecified atom stereocenters. The van der Waals surface area contributed by atoms with Crippen LogP contribution in [0.15, 0.2) is 24.3 Å². The molecule has 0 radical (unpaired) electrons. The van der Waals surface area contributed by atoms with Gasteiger partial charge in [0.1, 0.15) is 5.75 Å². The van der Waals surface area contributed by atoms with E-state index in [1.54, 1.807) is 12.0 Å². The predicted octanol–water partition coefficient (Wildman–Crippen LogP) is 1.75. The van der Waals surface area contributed by atoms with E-state index in [9.17, 15) is 4.79 Å². The van der Waals surface area contributed by atoms with E-state index in [2.05, 4.69) is 5.32 Å². The molecule has 1 heterocycles. The van der Waals surface area contributed by atoms with Gasteiger partial charge in [-0.1, -0.05) is 12.1 Å². The second-order valence-corrected chi connectivity index (χ2v) is 6.18. The highest BCUT2D eigenvalue weighted by molar-refractivity contribution is 7.99. The smallest absolute Gasteiger partial charge is 0.224 e. The first kappa shape index (κ1) is 15.2. The molecule has 0 spiro atoms. The minimum atomic E-state index is 0.195. The van der Waals surface area contributed by atoms with Gasteiger partial charge < -0.3 is 15.0 Å². The van der Waals surface area contributed by atoms with Gasteiger partial charge in [-0.15, -0.1) is 0 Å². The molecule has 20 heavy (non-hydrogen) atoms. The van der Waals surface area contributed by atoms with Crippen LogP contribution in [0.3, 0.4) is 0 Å². The summed E-state index contributed by atoms with van der Waals surface area (Å²) < 4.78 is 5.13. The van der Waals surface area contributed by atoms with Gasteiger partial charge in [-0.2, -0.15) is 11.8 Å². The maximum atomic E-state index is 12.2. The maximum Gasteiger partial charge on any atom is 0.224 e. The van der Waals surface area contributed by atoms with Crippen molar-refractivity contribution in [1.82, 2.24) is 10.2 Å². The van der Waals surface area contributed by atoms with Crippen molar-refractivity contribution >= 4 is 17.7 Å². The Bertz CT molecular complexity index is 430. The molecule has 1 fully saturated rings. The standard InChI is InChI=1S/C15H22N2O2S/c1-17(10-12-3-5-14(19-2)6-4-12)15(18)9-13-11-20-8-7-16-13/h3-6,13,16H,7-11H2,1-2H3. The molecule has 5 heteroatoms. The summed E-state index contributed by atoms with van der Waals surface area (Å²) >= 11 is 1.92. The van der Waals surface area contributed by atoms with E-state index >= 15 is 0 Å². The highest BCUT2D eigenvalue weighted by Crippen LogP contribution is 2.14. The lowest BCUT2D eigenvalue weighted by Crippen LogP contribution is -2.41. The Hall–Kier alpha value is -1.20. The quantitative estimate of drug-likeness (QED) is 0.898. The van der Waals surface area contributed by atoms with Crippen molar-refractivity contribution in [1.29, 1.82) is 0 Å². The van der Waals surface area contributed by atoms with E-state index in [-0.39, 0.29) is 5.91 Å². The van der Waals surface area contributed by atoms with Crippen LogP contribution in [0.4, 0.5) is 0 Å². The Morgan fingerprint density at radius 3 is 2.80 bits per heavy atom. The molecule has 0 aromatic heterocycles. The van der Waals surface area contributed by atoms with Crippen LogP contribution in [0.1, 0.15) is 12.0 Å². The van der Waals surface area contributed by atoms with Crippen LogP contribution in [0, 0.1) is 0 Å². The molecular weight excluding hydrogens is 272 g/mol. The Labute approximate surface area is 124 Å². The average molecular weight is 294 g/mol. The van der Waals surface area contributed by atoms with Gasteiger partial charge >= 0.3 is 0 Å². The second-order valence-electron chi connectivity index (χ2n) is 5.03. The number of rotatable bonds is 5. The van der Waals surface area contributed by atoms with Crippen LogP contribution in [-0.2, 0) is 11.3 Å². The number of nitrogens with one attached hydrogen (secondary N) is 1. The number of carbonyl (C=O) groups excluding carboxylic acids is 1. The maximum absolute atomic E-state index is 12.2. The number of amides is 1. The van der Waals surface area contributed by atoms with E-state index in [1.165, 1.54) is 0 Å². The summed E-state index contributed by atoms with van der Waals surface area (Å²) in [6, 6.07) is 8.16. The van der Waals surface area contributed by atoms with Gasteiger partial charge in [0.2, 0.25) is 5.91 Å². The summed E-state index contributed by atoms with van der Waals surface area (Å²) in [5.41, 5.74) is 1.12. The average Bonchev–Trinajstić information content (AvgIpc) is 2.49. The van der Waals surface area contributed by atoms with Crippen molar-refractivity contribution in [2.45, 2.75) is 19.0 Å². The lowest BCUT2D eigenvalue weighted by Gasteiger charge is -2.25. The highest BCUT2D eigenvalue weighted by atomic mass is 32.2. The van der Waals surface area contributed by atoms with Gasteiger partial charge in [0.25, 0.3) is 0 Å². The molecule has 1 atom stereocenters. The third-order valence-electron chi connectivity index (χ3n) is 3.42. The van der Waals surface area contributed by atoms with Crippen molar-refractivity contribution in [3.8, 4) is 5.75 Å². The molecule has 1 aliphatic heterocycles. The second kappa shape index (κ2) is 7.55. The number of nitrogens with zero attached hydrogens (tertiary/aromatic N) is 1. The van der Waals surface area contributed by atoms with Crippen LogP contribution in [0.25, 0.3) is 0 Å². The normalized spacial score (nSPS) is 18.6. The first-order valence-corrected chi connectivity index (χ1v) is 8.02. The third-order valence-corrected chi connectivity index (χ3v) is 4.55. The molecule has 0 aliphatic carbocycles. The SMILES string of the molecule is COc1ccc(CN(C)C(=O)CC2CSCCN2)cc1. The number of hydrogen-bond donors (Lipinski definition) is 1. The van der Waals surface area contributed by atoms with E-state index in [0.717, 1.165) is 29.4 Å². The van der Waals surface area contributed by atoms with Crippen molar-refractivity contribution in [2.24, 2.45) is 0 Å². The molecule has 0 saturated carbocycles. The van der Waals surface area contributed by atoms with Crippen molar-refractivity contribution in [2.75, 3.05) is 32.2 Å². The Morgan fingerprint density at radius 2 is 2.20 bits per heavy atom. The zero-order valence-electron chi connectivity index (χ0n) is 12.1. The van der Waals surface area contributed by atoms with Crippen molar-refractivity contribution in [3.05, 3.63) is 29.8 Å². The lowest BCUT2D eigenvalue weighted by molar-refractivity contribution is -0.130. The first-order valence-electron chi connectivity index (χ1n) is 6.87. The van der Waals surface area contributed by atoms with Crippen LogP contribution in [0.2, 0.25) is 0 Å². The van der Waals surface area contributed by atoms with Gasteiger partial charge in [0.15, 0.2) is 0 Å². The van der Waals surface area contributed by atoms with Crippen LogP contribution in [-0.4, -0.2) is 49.1 Å². The number of hydrogen-bond acceptors (Lipinski definition) is 4. The summed E-state index contributed by atoms with van der Waals surface area (Å²) in [4.78, 5) is 14.0. The van der Waals surface area contributed by atoms with Crippen molar-refractivity contribution < 1.29 is 9.53 Å². The van der Waals surface area contributed by atoms with Gasteiger partial charge in [-0.3, -0.25) is 4.79 Å². The summed E-state index contributed by atoms with van der Waals surface area (Å²) in [7, 11) is 3.52. The topological polar surface area (TPSA) is 41.6 Å². The van der Waals surface area contributed by atoms with Crippen LogP contribution < -0.4 is 10.1 Å². The number of methoxy groups -OCH3 is 1. The summed E-state index contributed by atoms with van der Waals surface area (Å²) in [5, 5.41) is 3.40. The molecule has 2 rings (SSSR count). The molecule has 0 bridgehead atoms.